The van der Waals surface area contributed by atoms with Gasteiger partial charge in [0.1, 0.15) is 0 Å². The van der Waals surface area contributed by atoms with E-state index in [1.807, 2.05) is 0 Å². The van der Waals surface area contributed by atoms with Gasteiger partial charge in [-0.15, -0.1) is 0 Å². The highest BCUT2D eigenvalue weighted by Crippen LogP contribution is 2.63. The Hall–Kier alpha value is -7.56. The zero-order valence-corrected chi connectivity index (χ0v) is 53.9. The molecular weight excluding hydrogens is 1030 g/mol. The van der Waals surface area contributed by atoms with Gasteiger partial charge in [-0.2, -0.15) is 0 Å². The Balaban J connectivity index is 1.18. The molecule has 0 unspecified atom stereocenters. The van der Waals surface area contributed by atoms with Gasteiger partial charge >= 0.3 is 0 Å². The number of fused-ring (bicyclic) bond motifs is 18. The lowest BCUT2D eigenvalue weighted by atomic mass is 9.33. The summed E-state index contributed by atoms with van der Waals surface area (Å²) in [5.41, 5.74) is 32.9. The Morgan fingerprint density at radius 2 is 0.882 bits per heavy atom. The minimum absolute atomic E-state index is 0.0272. The van der Waals surface area contributed by atoms with Crippen LogP contribution in [0.5, 0.6) is 0 Å². The molecule has 0 N–H and O–H groups in total. The molecule has 4 aliphatic rings. The molecule has 4 heteroatoms. The first-order valence-electron chi connectivity index (χ1n) is 31.8. The van der Waals surface area contributed by atoms with Crippen LogP contribution >= 0.6 is 0 Å². The summed E-state index contributed by atoms with van der Waals surface area (Å²) >= 11 is 0. The van der Waals surface area contributed by atoms with E-state index in [0.29, 0.717) is 11.8 Å². The van der Waals surface area contributed by atoms with Gasteiger partial charge in [-0.05, 0) is 182 Å². The lowest BCUT2D eigenvalue weighted by Crippen LogP contribution is -2.61. The number of rotatable bonds is 3. The monoisotopic (exact) mass is 1110 g/mol. The van der Waals surface area contributed by atoms with Gasteiger partial charge in [-0.3, -0.25) is 0 Å². The first-order valence-corrected chi connectivity index (χ1v) is 31.8. The molecule has 9 aromatic carbocycles. The van der Waals surface area contributed by atoms with E-state index in [0.717, 1.165) is 0 Å². The van der Waals surface area contributed by atoms with Crippen LogP contribution in [-0.4, -0.2) is 20.4 Å². The second-order valence-electron chi connectivity index (χ2n) is 32.2. The summed E-state index contributed by atoms with van der Waals surface area (Å²) in [4.78, 5) is 0. The molecule has 0 saturated carbocycles. The highest BCUT2D eigenvalue weighted by Gasteiger charge is 2.56. The van der Waals surface area contributed by atoms with Crippen molar-refractivity contribution in [2.45, 2.75) is 176 Å². The summed E-state index contributed by atoms with van der Waals surface area (Å²) in [6.45, 7) is 45.2. The molecule has 424 valence electrons. The summed E-state index contributed by atoms with van der Waals surface area (Å²) in [6.07, 6.45) is 0. The maximum absolute atomic E-state index is 2.84. The van der Waals surface area contributed by atoms with Crippen LogP contribution < -0.4 is 16.4 Å². The van der Waals surface area contributed by atoms with E-state index in [9.17, 15) is 0 Å². The summed E-state index contributed by atoms with van der Waals surface area (Å²) in [5.74, 6) is 0.742. The third kappa shape index (κ3) is 6.81. The van der Waals surface area contributed by atoms with Gasteiger partial charge < -0.3 is 13.7 Å². The van der Waals surface area contributed by atoms with Gasteiger partial charge in [-0.25, -0.2) is 0 Å². The minimum atomic E-state index is -0.647. The van der Waals surface area contributed by atoms with E-state index in [4.69, 9.17) is 0 Å². The van der Waals surface area contributed by atoms with Crippen molar-refractivity contribution < 1.29 is 0 Å². The summed E-state index contributed by atoms with van der Waals surface area (Å²) in [7, 11) is 0. The van der Waals surface area contributed by atoms with Crippen molar-refractivity contribution in [1.82, 2.24) is 13.7 Å². The molecule has 85 heavy (non-hydrogen) atoms. The van der Waals surface area contributed by atoms with Crippen molar-refractivity contribution in [2.75, 3.05) is 0 Å². The Bertz CT molecular complexity index is 4940. The molecule has 1 spiro atoms. The number of hydrogen-bond donors (Lipinski definition) is 0. The molecule has 0 radical (unpaired) electrons. The topological polar surface area (TPSA) is 14.8 Å². The molecule has 12 aromatic rings. The quantitative estimate of drug-likeness (QED) is 0.157. The molecule has 6 heterocycles. The second-order valence-corrected chi connectivity index (χ2v) is 32.2. The molecule has 3 aliphatic heterocycles. The molecule has 0 fully saturated rings. The highest BCUT2D eigenvalue weighted by molar-refractivity contribution is 7.02. The summed E-state index contributed by atoms with van der Waals surface area (Å²) < 4.78 is 8.22. The van der Waals surface area contributed by atoms with Crippen molar-refractivity contribution in [2.24, 2.45) is 0 Å². The van der Waals surface area contributed by atoms with Crippen molar-refractivity contribution in [3.05, 3.63) is 201 Å². The van der Waals surface area contributed by atoms with Crippen LogP contribution in [0.3, 0.4) is 0 Å². The third-order valence-electron chi connectivity index (χ3n) is 21.1. The Morgan fingerprint density at radius 3 is 1.47 bits per heavy atom. The molecule has 0 saturated heterocycles. The predicted molar refractivity (Wildman–Crippen MR) is 367 cm³/mol. The number of benzene rings is 9. The molecule has 3 aromatic heterocycles. The van der Waals surface area contributed by atoms with Crippen LogP contribution in [0.4, 0.5) is 0 Å². The SMILES string of the molecule is CC(C)c1ccc2c(c1)c1cc3c(c4c1n2-c1ccc2c5c1B4c1cc(C(C)(C)C)cc4c6cc(C(C)(C)C)cc(c6n-5c14)C21c2cc(C(C)(C)C)ccc2-c2ccc(C(C)(C)C)cc21)c1ccc(C(C)C)cc1n3-c1ccc(C(C)(C)C)cc1. The minimum Gasteiger partial charge on any atom is -0.310 e. The number of aromatic nitrogens is 3. The van der Waals surface area contributed by atoms with Crippen LogP contribution in [0.2, 0.25) is 0 Å². The number of nitrogens with zero attached hydrogens (tertiary/aromatic N) is 3. The van der Waals surface area contributed by atoms with Crippen molar-refractivity contribution in [3.8, 4) is 28.2 Å². The van der Waals surface area contributed by atoms with Crippen LogP contribution in [0.1, 0.15) is 205 Å². The second kappa shape index (κ2) is 16.5. The van der Waals surface area contributed by atoms with E-state index in [-0.39, 0.29) is 33.8 Å². The highest BCUT2D eigenvalue weighted by atomic mass is 15.1. The smallest absolute Gasteiger partial charge is 0.253 e. The Morgan fingerprint density at radius 1 is 0.353 bits per heavy atom. The van der Waals surface area contributed by atoms with Crippen LogP contribution in [0.25, 0.3) is 93.6 Å². The van der Waals surface area contributed by atoms with E-state index in [1.165, 1.54) is 171 Å². The maximum Gasteiger partial charge on any atom is 0.253 e. The molecule has 0 amide bonds. The largest absolute Gasteiger partial charge is 0.310 e. The Kier molecular flexibility index (Phi) is 10.3. The van der Waals surface area contributed by atoms with Gasteiger partial charge in [0, 0.05) is 54.9 Å². The first kappa shape index (κ1) is 53.0. The van der Waals surface area contributed by atoms with Crippen LogP contribution in [0, 0.1) is 0 Å². The standard InChI is InChI=1S/C81H82BN3/c1-43(2)45-21-32-65-56(34-45)59-42-68-69(55-28-20-46(44(3)4)35-67(55)83(68)52-26-22-47(23-27-52)76(5,6)7)71-74(59)84(65)66-33-31-60-75-70(66)82(71)64-41-51(80(17,18)19)37-58-57-36-50(79(14,15)16)40-63(72(57)85(75)73(58)64)81(60)61-38-48(77(8,9)10)24-29-53(61)54-30-25-49(39-62(54)81)78(11,12)13/h20-44H,1-19H3. The lowest BCUT2D eigenvalue weighted by molar-refractivity contribution is 0.583. The summed E-state index contributed by atoms with van der Waals surface area (Å²) in [6, 6.07) is 58.0. The van der Waals surface area contributed by atoms with Crippen molar-refractivity contribution in [1.29, 1.82) is 0 Å². The molecule has 0 atom stereocenters. The first-order chi connectivity index (χ1) is 40.0. The fourth-order valence-corrected chi connectivity index (χ4v) is 16.3. The van der Waals surface area contributed by atoms with E-state index < -0.39 is 5.41 Å². The Labute approximate surface area is 504 Å². The lowest BCUT2D eigenvalue weighted by Gasteiger charge is -2.45. The predicted octanol–water partition coefficient (Wildman–Crippen LogP) is 19.5. The van der Waals surface area contributed by atoms with E-state index in [2.05, 4.69) is 285 Å². The average Bonchev–Trinajstić information content (AvgIpc) is 1.56. The number of hydrogen-bond acceptors (Lipinski definition) is 0. The van der Waals surface area contributed by atoms with Gasteiger partial charge in [0.05, 0.1) is 33.0 Å². The molecule has 1 aliphatic carbocycles. The van der Waals surface area contributed by atoms with Crippen LogP contribution in [-0.2, 0) is 32.5 Å². The van der Waals surface area contributed by atoms with Crippen LogP contribution in [0.15, 0.2) is 140 Å². The van der Waals surface area contributed by atoms with Gasteiger partial charge in [0.2, 0.25) is 0 Å². The van der Waals surface area contributed by atoms with Gasteiger partial charge in [-0.1, -0.05) is 216 Å². The summed E-state index contributed by atoms with van der Waals surface area (Å²) in [5, 5.41) is 8.06. The average molecular weight is 1110 g/mol. The van der Waals surface area contributed by atoms with E-state index >= 15 is 0 Å². The molecular formula is C81H82BN3. The fraction of sp³-hybridized carbons (Fsp3) is 0.333. The zero-order valence-electron chi connectivity index (χ0n) is 53.9. The third-order valence-corrected chi connectivity index (χ3v) is 21.1. The maximum atomic E-state index is 2.84. The van der Waals surface area contributed by atoms with Gasteiger partial charge in [0.25, 0.3) is 6.71 Å². The van der Waals surface area contributed by atoms with E-state index in [1.54, 1.807) is 0 Å². The molecule has 3 nitrogen and oxygen atoms in total. The fourth-order valence-electron chi connectivity index (χ4n) is 16.3. The normalized spacial score (nSPS) is 15.0. The van der Waals surface area contributed by atoms with Crippen molar-refractivity contribution >= 4 is 88.5 Å². The van der Waals surface area contributed by atoms with Gasteiger partial charge in [0.15, 0.2) is 0 Å². The molecule has 0 bridgehead atoms. The molecule has 16 rings (SSSR count). The van der Waals surface area contributed by atoms with Crippen molar-refractivity contribution in [3.63, 3.8) is 0 Å². The zero-order chi connectivity index (χ0) is 59.6.